The second-order valence-corrected chi connectivity index (χ2v) is 6.59. The molecule has 0 unspecified atom stereocenters. The van der Waals surface area contributed by atoms with Crippen LogP contribution in [-0.2, 0) is 26.3 Å². The first kappa shape index (κ1) is 15.9. The molecule has 2 rings (SSSR count). The number of H-pyrrole nitrogens is 1. The third-order valence-corrected chi connectivity index (χ3v) is 4.97. The molecule has 0 aliphatic carbocycles. The van der Waals surface area contributed by atoms with Gasteiger partial charge in [0.05, 0.1) is 24.8 Å². The van der Waals surface area contributed by atoms with E-state index >= 15 is 0 Å². The minimum absolute atomic E-state index is 0.167. The molecule has 2 N–H and O–H groups in total. The molecule has 1 aromatic heterocycles. The fraction of sp³-hybridized carbons (Fsp3) is 0.667. The number of ether oxygens (including phenoxy) is 1. The van der Waals surface area contributed by atoms with Gasteiger partial charge in [-0.05, 0) is 25.8 Å². The van der Waals surface area contributed by atoms with E-state index < -0.39 is 10.2 Å². The quantitative estimate of drug-likeness (QED) is 0.720. The van der Waals surface area contributed by atoms with E-state index in [0.29, 0.717) is 38.2 Å². The van der Waals surface area contributed by atoms with Gasteiger partial charge in [0.15, 0.2) is 0 Å². The number of aromatic nitrogens is 2. The van der Waals surface area contributed by atoms with Crippen molar-refractivity contribution in [2.24, 2.45) is 5.92 Å². The van der Waals surface area contributed by atoms with Crippen LogP contribution in [0.1, 0.15) is 25.5 Å². The number of rotatable bonds is 6. The van der Waals surface area contributed by atoms with Crippen LogP contribution in [-0.4, -0.2) is 48.6 Å². The van der Waals surface area contributed by atoms with E-state index in [-0.39, 0.29) is 18.4 Å². The first-order valence-corrected chi connectivity index (χ1v) is 8.36. The van der Waals surface area contributed by atoms with Gasteiger partial charge in [-0.2, -0.15) is 22.5 Å². The van der Waals surface area contributed by atoms with E-state index in [1.165, 1.54) is 4.31 Å². The fourth-order valence-corrected chi connectivity index (χ4v) is 3.45. The number of piperidine rings is 1. The van der Waals surface area contributed by atoms with Crippen LogP contribution in [0, 0.1) is 5.92 Å². The Morgan fingerprint density at radius 3 is 2.81 bits per heavy atom. The molecule has 8 nitrogen and oxygen atoms in total. The summed E-state index contributed by atoms with van der Waals surface area (Å²) in [7, 11) is -3.54. The molecule has 118 valence electrons. The van der Waals surface area contributed by atoms with Crippen LogP contribution in [0.4, 0.5) is 0 Å². The van der Waals surface area contributed by atoms with Crippen molar-refractivity contribution in [3.05, 3.63) is 18.0 Å². The largest absolute Gasteiger partial charge is 0.466 e. The van der Waals surface area contributed by atoms with E-state index in [9.17, 15) is 13.2 Å². The highest BCUT2D eigenvalue weighted by Crippen LogP contribution is 2.20. The minimum atomic E-state index is -3.54. The number of aromatic amines is 1. The lowest BCUT2D eigenvalue weighted by Gasteiger charge is -2.29. The highest BCUT2D eigenvalue weighted by Gasteiger charge is 2.31. The van der Waals surface area contributed by atoms with Gasteiger partial charge < -0.3 is 4.74 Å². The number of hydrogen-bond donors (Lipinski definition) is 2. The number of hydrogen-bond acceptors (Lipinski definition) is 5. The lowest BCUT2D eigenvalue weighted by atomic mass is 9.98. The molecule has 0 aromatic carbocycles. The summed E-state index contributed by atoms with van der Waals surface area (Å²) in [5.74, 6) is -0.441. The van der Waals surface area contributed by atoms with Crippen LogP contribution < -0.4 is 4.72 Å². The number of nitrogens with one attached hydrogen (secondary N) is 2. The summed E-state index contributed by atoms with van der Waals surface area (Å²) in [6.07, 6.45) is 2.54. The second-order valence-electron chi connectivity index (χ2n) is 4.83. The normalized spacial score (nSPS) is 17.8. The summed E-state index contributed by atoms with van der Waals surface area (Å²) < 4.78 is 33.1. The maximum atomic E-state index is 12.1. The summed E-state index contributed by atoms with van der Waals surface area (Å²) in [5, 5.41) is 6.45. The molecule has 1 saturated heterocycles. The van der Waals surface area contributed by atoms with E-state index in [4.69, 9.17) is 4.74 Å². The number of carbonyl (C=O) groups excluding carboxylic acids is 1. The highest BCUT2D eigenvalue weighted by atomic mass is 32.2. The van der Waals surface area contributed by atoms with Crippen molar-refractivity contribution in [3.63, 3.8) is 0 Å². The lowest BCUT2D eigenvalue weighted by Crippen LogP contribution is -2.45. The van der Waals surface area contributed by atoms with Crippen LogP contribution in [0.3, 0.4) is 0 Å². The van der Waals surface area contributed by atoms with Gasteiger partial charge in [0.2, 0.25) is 0 Å². The summed E-state index contributed by atoms with van der Waals surface area (Å²) in [6, 6.07) is 1.70. The molecule has 0 atom stereocenters. The summed E-state index contributed by atoms with van der Waals surface area (Å²) >= 11 is 0. The molecule has 0 spiro atoms. The van der Waals surface area contributed by atoms with Crippen molar-refractivity contribution in [2.45, 2.75) is 26.3 Å². The molecule has 0 saturated carbocycles. The highest BCUT2D eigenvalue weighted by molar-refractivity contribution is 7.87. The molecule has 9 heteroatoms. The molecule has 1 aliphatic heterocycles. The molecule has 21 heavy (non-hydrogen) atoms. The van der Waals surface area contributed by atoms with Crippen LogP contribution >= 0.6 is 0 Å². The van der Waals surface area contributed by atoms with Crippen molar-refractivity contribution in [1.29, 1.82) is 0 Å². The Bertz CT molecular complexity index is 550. The Balaban J connectivity index is 1.84. The van der Waals surface area contributed by atoms with E-state index in [1.54, 1.807) is 19.2 Å². The van der Waals surface area contributed by atoms with Crippen molar-refractivity contribution in [2.75, 3.05) is 19.7 Å². The summed E-state index contributed by atoms with van der Waals surface area (Å²) in [6.45, 7) is 2.92. The Hall–Kier alpha value is -1.45. The zero-order valence-corrected chi connectivity index (χ0v) is 12.7. The fourth-order valence-electron chi connectivity index (χ4n) is 2.24. The Morgan fingerprint density at radius 2 is 2.24 bits per heavy atom. The molecule has 1 aliphatic rings. The standard InChI is InChI=1S/C12H20N4O4S/c1-2-20-12(17)10-4-7-16(8-5-10)21(18,19)14-9-11-3-6-13-15-11/h3,6,10,14H,2,4-5,7-9H2,1H3,(H,13,15). The van der Waals surface area contributed by atoms with Crippen LogP contribution in [0.2, 0.25) is 0 Å². The Labute approximate surface area is 124 Å². The SMILES string of the molecule is CCOC(=O)C1CCN(S(=O)(=O)NCc2ccn[nH]2)CC1. The molecule has 1 aromatic rings. The van der Waals surface area contributed by atoms with Crippen molar-refractivity contribution >= 4 is 16.2 Å². The third-order valence-electron chi connectivity index (χ3n) is 3.42. The predicted molar refractivity (Wildman–Crippen MR) is 75.3 cm³/mol. The molecular formula is C12H20N4O4S. The van der Waals surface area contributed by atoms with E-state index in [0.717, 1.165) is 0 Å². The van der Waals surface area contributed by atoms with Gasteiger partial charge in [-0.3, -0.25) is 9.89 Å². The van der Waals surface area contributed by atoms with Gasteiger partial charge in [-0.15, -0.1) is 0 Å². The second kappa shape index (κ2) is 7.01. The van der Waals surface area contributed by atoms with Crippen LogP contribution in [0.25, 0.3) is 0 Å². The molecule has 0 radical (unpaired) electrons. The smallest absolute Gasteiger partial charge is 0.309 e. The van der Waals surface area contributed by atoms with Gasteiger partial charge in [0.25, 0.3) is 10.2 Å². The summed E-state index contributed by atoms with van der Waals surface area (Å²) in [4.78, 5) is 11.6. The number of carbonyl (C=O) groups is 1. The predicted octanol–water partition coefficient (Wildman–Crippen LogP) is 0.0192. The molecular weight excluding hydrogens is 296 g/mol. The average Bonchev–Trinajstić information content (AvgIpc) is 2.99. The number of esters is 1. The van der Waals surface area contributed by atoms with Gasteiger partial charge in [0, 0.05) is 19.3 Å². The van der Waals surface area contributed by atoms with Crippen molar-refractivity contribution in [1.82, 2.24) is 19.2 Å². The Morgan fingerprint density at radius 1 is 1.52 bits per heavy atom. The Kier molecular flexibility index (Phi) is 5.32. The maximum Gasteiger partial charge on any atom is 0.309 e. The topological polar surface area (TPSA) is 104 Å². The third kappa shape index (κ3) is 4.26. The average molecular weight is 316 g/mol. The van der Waals surface area contributed by atoms with Crippen molar-refractivity contribution < 1.29 is 17.9 Å². The first-order chi connectivity index (χ1) is 10.0. The van der Waals surface area contributed by atoms with Gasteiger partial charge in [-0.25, -0.2) is 0 Å². The molecule has 0 bridgehead atoms. The van der Waals surface area contributed by atoms with E-state index in [1.807, 2.05) is 0 Å². The zero-order valence-electron chi connectivity index (χ0n) is 11.9. The molecule has 2 heterocycles. The van der Waals surface area contributed by atoms with Crippen molar-refractivity contribution in [3.8, 4) is 0 Å². The molecule has 1 fully saturated rings. The lowest BCUT2D eigenvalue weighted by molar-refractivity contribution is -0.149. The molecule has 0 amide bonds. The zero-order chi connectivity index (χ0) is 15.3. The maximum absolute atomic E-state index is 12.1. The van der Waals surface area contributed by atoms with E-state index in [2.05, 4.69) is 14.9 Å². The summed E-state index contributed by atoms with van der Waals surface area (Å²) in [5.41, 5.74) is 0.694. The van der Waals surface area contributed by atoms with Gasteiger partial charge in [-0.1, -0.05) is 0 Å². The van der Waals surface area contributed by atoms with Crippen LogP contribution in [0.15, 0.2) is 12.3 Å². The number of nitrogens with zero attached hydrogens (tertiary/aromatic N) is 2. The first-order valence-electron chi connectivity index (χ1n) is 6.92. The monoisotopic (exact) mass is 316 g/mol. The van der Waals surface area contributed by atoms with Gasteiger partial charge in [0.1, 0.15) is 0 Å². The minimum Gasteiger partial charge on any atom is -0.466 e. The van der Waals surface area contributed by atoms with Gasteiger partial charge >= 0.3 is 5.97 Å². The van der Waals surface area contributed by atoms with Crippen LogP contribution in [0.5, 0.6) is 0 Å².